The molecule has 0 fully saturated rings. The summed E-state index contributed by atoms with van der Waals surface area (Å²) in [4.78, 5) is 40.5. The Labute approximate surface area is 208 Å². The molecule has 1 unspecified atom stereocenters. The smallest absolute Gasteiger partial charge is 0.255 e. The summed E-state index contributed by atoms with van der Waals surface area (Å²) in [5.74, 6) is -5.27. The van der Waals surface area contributed by atoms with Crippen molar-refractivity contribution >= 4 is 17.5 Å². The zero-order chi connectivity index (χ0) is 25.9. The molecule has 2 aromatic carbocycles. The van der Waals surface area contributed by atoms with E-state index in [1.807, 2.05) is 32.3 Å². The van der Waals surface area contributed by atoms with Crippen LogP contribution in [0, 0.1) is 17.8 Å². The van der Waals surface area contributed by atoms with Crippen LogP contribution in [0.1, 0.15) is 34.3 Å². The number of fused-ring (bicyclic) bond motifs is 3. The van der Waals surface area contributed by atoms with Gasteiger partial charge in [0.1, 0.15) is 22.8 Å². The Morgan fingerprint density at radius 2 is 1.83 bits per heavy atom. The largest absolute Gasteiger partial charge is 0.511 e. The van der Waals surface area contributed by atoms with Gasteiger partial charge in [-0.3, -0.25) is 14.4 Å². The molecule has 8 heteroatoms. The predicted octanol–water partition coefficient (Wildman–Crippen LogP) is 3.19. The van der Waals surface area contributed by atoms with Crippen LogP contribution in [0.25, 0.3) is 11.1 Å². The lowest BCUT2D eigenvalue weighted by Crippen LogP contribution is -2.43. The molecule has 0 heterocycles. The van der Waals surface area contributed by atoms with Gasteiger partial charge in [-0.25, -0.2) is 0 Å². The number of ketones is 2. The lowest BCUT2D eigenvalue weighted by Gasteiger charge is -2.41. The Balaban J connectivity index is 1.61. The number of carbonyl (C=O) groups excluding carboxylic acids is 3. The first-order chi connectivity index (χ1) is 17.1. The summed E-state index contributed by atoms with van der Waals surface area (Å²) in [7, 11) is 3.97. The molecule has 8 nitrogen and oxygen atoms in total. The highest BCUT2D eigenvalue weighted by atomic mass is 16.3. The van der Waals surface area contributed by atoms with E-state index in [9.17, 15) is 29.7 Å². The number of Topliss-reactive ketones (excluding diaryl/α,β-unsaturated/α-hetero) is 2. The van der Waals surface area contributed by atoms with Crippen molar-refractivity contribution in [3.8, 4) is 16.9 Å². The van der Waals surface area contributed by atoms with E-state index in [4.69, 9.17) is 5.73 Å². The molecule has 0 aromatic heterocycles. The van der Waals surface area contributed by atoms with Crippen LogP contribution in [0.2, 0.25) is 0 Å². The molecule has 1 amide bonds. The van der Waals surface area contributed by atoms with Crippen LogP contribution in [0.3, 0.4) is 0 Å². The van der Waals surface area contributed by atoms with Crippen molar-refractivity contribution in [3.63, 3.8) is 0 Å². The maximum absolute atomic E-state index is 13.7. The molecule has 5 N–H and O–H groups in total. The van der Waals surface area contributed by atoms with Crippen LogP contribution in [-0.2, 0) is 22.6 Å². The Morgan fingerprint density at radius 3 is 2.53 bits per heavy atom. The number of phenolic OH excluding ortho intramolecular Hbond substituents is 1. The van der Waals surface area contributed by atoms with Gasteiger partial charge in [0, 0.05) is 18.5 Å². The number of amides is 1. The fraction of sp³-hybridized carbons (Fsp3) is 0.321. The number of nitrogens with zero attached hydrogens (tertiary/aromatic N) is 1. The molecule has 0 saturated heterocycles. The fourth-order valence-electron chi connectivity index (χ4n) is 6.11. The molecular weight excluding hydrogens is 460 g/mol. The third-order valence-corrected chi connectivity index (χ3v) is 7.51. The van der Waals surface area contributed by atoms with E-state index in [0.29, 0.717) is 18.4 Å². The molecule has 0 saturated carbocycles. The number of aliphatic hydroxyl groups is 2. The number of rotatable bonds is 4. The van der Waals surface area contributed by atoms with Crippen LogP contribution in [0.5, 0.6) is 5.75 Å². The quantitative estimate of drug-likeness (QED) is 0.484. The van der Waals surface area contributed by atoms with Crippen LogP contribution in [0.4, 0.5) is 0 Å². The van der Waals surface area contributed by atoms with Crippen molar-refractivity contribution in [1.29, 1.82) is 0 Å². The number of benzene rings is 2. The summed E-state index contributed by atoms with van der Waals surface area (Å²) < 4.78 is 0. The van der Waals surface area contributed by atoms with Crippen LogP contribution in [-0.4, -0.2) is 51.8 Å². The molecule has 0 bridgehead atoms. The topological polar surface area (TPSA) is 141 Å². The van der Waals surface area contributed by atoms with Gasteiger partial charge in [0.05, 0.1) is 11.5 Å². The van der Waals surface area contributed by atoms with Gasteiger partial charge in [0.2, 0.25) is 0 Å². The molecule has 0 radical (unpaired) electrons. The molecule has 3 aliphatic carbocycles. The summed E-state index contributed by atoms with van der Waals surface area (Å²) in [6.45, 7) is 0.748. The molecular formula is C28H28N2O6. The molecule has 2 aromatic rings. The minimum atomic E-state index is -1.12. The molecule has 0 spiro atoms. The van der Waals surface area contributed by atoms with Gasteiger partial charge in [-0.1, -0.05) is 24.3 Å². The number of phenols is 1. The average molecular weight is 489 g/mol. The molecule has 186 valence electrons. The minimum absolute atomic E-state index is 0.0169. The first kappa shape index (κ1) is 23.8. The lowest BCUT2D eigenvalue weighted by atomic mass is 9.62. The lowest BCUT2D eigenvalue weighted by molar-refractivity contribution is -0.126. The van der Waals surface area contributed by atoms with Crippen LogP contribution in [0.15, 0.2) is 59.1 Å². The Kier molecular flexibility index (Phi) is 5.71. The third-order valence-electron chi connectivity index (χ3n) is 7.51. The van der Waals surface area contributed by atoms with Gasteiger partial charge in [0.15, 0.2) is 11.6 Å². The summed E-state index contributed by atoms with van der Waals surface area (Å²) in [6.07, 6.45) is 0.766. The number of hydrogen-bond acceptors (Lipinski definition) is 7. The fourth-order valence-corrected chi connectivity index (χ4v) is 6.11. The van der Waals surface area contributed by atoms with E-state index in [1.165, 1.54) is 6.07 Å². The summed E-state index contributed by atoms with van der Waals surface area (Å²) in [6, 6.07) is 11.3. The van der Waals surface area contributed by atoms with Crippen LogP contribution < -0.4 is 5.73 Å². The van der Waals surface area contributed by atoms with Crippen molar-refractivity contribution in [2.75, 3.05) is 14.1 Å². The third kappa shape index (κ3) is 3.69. The van der Waals surface area contributed by atoms with Gasteiger partial charge in [-0.2, -0.15) is 0 Å². The Hall–Kier alpha value is -3.91. The highest BCUT2D eigenvalue weighted by Crippen LogP contribution is 2.50. The van der Waals surface area contributed by atoms with E-state index in [1.54, 1.807) is 6.07 Å². The number of aromatic hydroxyl groups is 1. The molecule has 3 aliphatic rings. The average Bonchev–Trinajstić information content (AvgIpc) is 2.78. The normalized spacial score (nSPS) is 23.5. The van der Waals surface area contributed by atoms with Crippen molar-refractivity contribution in [1.82, 2.24) is 4.90 Å². The molecule has 3 atom stereocenters. The number of carbonyl (C=O) groups is 3. The summed E-state index contributed by atoms with van der Waals surface area (Å²) in [5, 5.41) is 32.1. The van der Waals surface area contributed by atoms with Gasteiger partial charge < -0.3 is 26.0 Å². The van der Waals surface area contributed by atoms with Gasteiger partial charge in [-0.05, 0) is 73.2 Å². The van der Waals surface area contributed by atoms with Crippen molar-refractivity contribution in [3.05, 3.63) is 75.8 Å². The zero-order valence-corrected chi connectivity index (χ0v) is 20.1. The maximum Gasteiger partial charge on any atom is 0.255 e. The predicted molar refractivity (Wildman–Crippen MR) is 132 cm³/mol. The first-order valence-electron chi connectivity index (χ1n) is 11.9. The van der Waals surface area contributed by atoms with Gasteiger partial charge in [0.25, 0.3) is 5.91 Å². The van der Waals surface area contributed by atoms with E-state index in [0.717, 1.165) is 23.2 Å². The first-order valence-corrected chi connectivity index (χ1v) is 11.9. The standard InChI is InChI=1S/C28H28N2O6/c1-30(2)12-13-4-3-5-14(8-13)17-6-7-19(31)23-18(17)10-15-9-16-11-20(32)24(28(29)36)27(35)22(16)25(33)21(15)26(23)34/h3-8,15-16,22,31-33H,9-12H2,1-2H3,(H2,29,36)/t15-,16+,22?/m1/s1. The summed E-state index contributed by atoms with van der Waals surface area (Å²) in [5.41, 5.74) is 8.54. The van der Waals surface area contributed by atoms with E-state index in [-0.39, 0.29) is 34.8 Å². The van der Waals surface area contributed by atoms with E-state index < -0.39 is 40.8 Å². The highest BCUT2D eigenvalue weighted by molar-refractivity contribution is 6.22. The van der Waals surface area contributed by atoms with E-state index in [2.05, 4.69) is 11.0 Å². The summed E-state index contributed by atoms with van der Waals surface area (Å²) >= 11 is 0. The van der Waals surface area contributed by atoms with Crippen molar-refractivity contribution < 1.29 is 29.7 Å². The Morgan fingerprint density at radius 1 is 1.08 bits per heavy atom. The maximum atomic E-state index is 13.7. The van der Waals surface area contributed by atoms with Crippen LogP contribution >= 0.6 is 0 Å². The second kappa shape index (κ2) is 8.64. The van der Waals surface area contributed by atoms with Gasteiger partial charge in [-0.15, -0.1) is 0 Å². The molecule has 5 rings (SSSR count). The number of aliphatic hydroxyl groups excluding tert-OH is 2. The number of nitrogens with two attached hydrogens (primary N) is 1. The number of hydrogen-bond donors (Lipinski definition) is 4. The van der Waals surface area contributed by atoms with E-state index >= 15 is 0 Å². The zero-order valence-electron chi connectivity index (χ0n) is 20.1. The Bertz CT molecular complexity index is 1390. The van der Waals surface area contributed by atoms with Gasteiger partial charge >= 0.3 is 0 Å². The number of allylic oxidation sites excluding steroid dienone is 3. The minimum Gasteiger partial charge on any atom is -0.511 e. The van der Waals surface area contributed by atoms with Crippen molar-refractivity contribution in [2.45, 2.75) is 25.8 Å². The number of primary amides is 1. The van der Waals surface area contributed by atoms with Crippen molar-refractivity contribution in [2.24, 2.45) is 23.5 Å². The second-order valence-corrected chi connectivity index (χ2v) is 10.2. The SMILES string of the molecule is CN(C)Cc1cccc(-c2ccc(O)c3c2C[C@H]2C[C@H]4CC(O)=C(C(N)=O)C(=O)C4C(O)=C2C3=O)c1. The molecule has 36 heavy (non-hydrogen) atoms. The second-order valence-electron chi connectivity index (χ2n) is 10.2. The monoisotopic (exact) mass is 488 g/mol. The highest BCUT2D eigenvalue weighted by Gasteiger charge is 2.50. The molecule has 0 aliphatic heterocycles.